The van der Waals surface area contributed by atoms with Crippen LogP contribution in [0.25, 0.3) is 0 Å². The van der Waals surface area contributed by atoms with Crippen molar-refractivity contribution in [2.45, 2.75) is 57.7 Å². The van der Waals surface area contributed by atoms with Crippen LogP contribution >= 0.6 is 0 Å². The summed E-state index contributed by atoms with van der Waals surface area (Å²) in [6.45, 7) is 7.67. The Morgan fingerprint density at radius 2 is 1.81 bits per heavy atom. The second-order valence-electron chi connectivity index (χ2n) is 9.29. The van der Waals surface area contributed by atoms with Crippen LogP contribution in [0.5, 0.6) is 0 Å². The maximum absolute atomic E-state index is 14.0. The van der Waals surface area contributed by atoms with Crippen molar-refractivity contribution in [3.8, 4) is 0 Å². The molecule has 9 heteroatoms. The van der Waals surface area contributed by atoms with Gasteiger partial charge in [-0.05, 0) is 52.2 Å². The highest BCUT2D eigenvalue weighted by Crippen LogP contribution is 2.25. The summed E-state index contributed by atoms with van der Waals surface area (Å²) >= 11 is 0. The summed E-state index contributed by atoms with van der Waals surface area (Å²) in [4.78, 5) is 30.1. The summed E-state index contributed by atoms with van der Waals surface area (Å²) < 4.78 is 32.6. The zero-order valence-electron chi connectivity index (χ0n) is 18.7. The molecule has 1 aromatic rings. The first-order valence-corrected chi connectivity index (χ1v) is 10.7. The molecule has 0 spiro atoms. The highest BCUT2D eigenvalue weighted by Gasteiger charge is 2.32. The van der Waals surface area contributed by atoms with Gasteiger partial charge in [0.1, 0.15) is 17.2 Å². The monoisotopic (exact) mass is 438 g/mol. The first-order chi connectivity index (χ1) is 14.5. The Kier molecular flexibility index (Phi) is 6.91. The van der Waals surface area contributed by atoms with Gasteiger partial charge in [-0.25, -0.2) is 18.4 Å². The van der Waals surface area contributed by atoms with Gasteiger partial charge in [0.2, 0.25) is 0 Å². The van der Waals surface area contributed by atoms with Gasteiger partial charge in [-0.3, -0.25) is 0 Å². The largest absolute Gasteiger partial charge is 0.444 e. The van der Waals surface area contributed by atoms with Crippen LogP contribution in [0.15, 0.2) is 18.2 Å². The molecular weight excluding hydrogens is 406 g/mol. The molecule has 2 aliphatic rings. The van der Waals surface area contributed by atoms with Crippen LogP contribution in [0.2, 0.25) is 0 Å². The minimum absolute atomic E-state index is 0.0299. The van der Waals surface area contributed by atoms with Crippen molar-refractivity contribution in [3.05, 3.63) is 29.8 Å². The Labute approximate surface area is 182 Å². The van der Waals surface area contributed by atoms with Crippen LogP contribution in [0.3, 0.4) is 0 Å². The normalized spacial score (nSPS) is 20.0. The third-order valence-corrected chi connectivity index (χ3v) is 5.75. The second kappa shape index (κ2) is 9.28. The fourth-order valence-electron chi connectivity index (χ4n) is 4.04. The third-order valence-electron chi connectivity index (χ3n) is 5.75. The zero-order valence-corrected chi connectivity index (χ0v) is 18.7. The van der Waals surface area contributed by atoms with Gasteiger partial charge in [0.05, 0.1) is 5.69 Å². The number of hydrogen-bond donors (Lipinski definition) is 1. The van der Waals surface area contributed by atoms with Crippen LogP contribution in [-0.2, 0) is 4.74 Å². The molecule has 1 aromatic carbocycles. The molecule has 0 aliphatic carbocycles. The fourth-order valence-corrected chi connectivity index (χ4v) is 4.04. The van der Waals surface area contributed by atoms with E-state index in [-0.39, 0.29) is 24.2 Å². The first-order valence-electron chi connectivity index (χ1n) is 10.7. The van der Waals surface area contributed by atoms with Gasteiger partial charge >= 0.3 is 12.1 Å². The maximum atomic E-state index is 14.0. The third kappa shape index (κ3) is 5.98. The van der Waals surface area contributed by atoms with Crippen molar-refractivity contribution in [2.24, 2.45) is 0 Å². The Morgan fingerprint density at radius 3 is 2.42 bits per heavy atom. The molecule has 0 bridgehead atoms. The average molecular weight is 439 g/mol. The SMILES string of the molecule is CN(C(=O)OC(C)(C)C)C1CCN(C(=O)NC2CCN(c3ccc(F)cc3F)C2)CC1. The number of carbonyl (C=O) groups is 2. The summed E-state index contributed by atoms with van der Waals surface area (Å²) in [5.41, 5.74) is -0.193. The van der Waals surface area contributed by atoms with Crippen LogP contribution in [0.4, 0.5) is 24.1 Å². The smallest absolute Gasteiger partial charge is 0.410 e. The predicted molar refractivity (Wildman–Crippen MR) is 114 cm³/mol. The van der Waals surface area contributed by atoms with Crippen LogP contribution in [-0.4, -0.2) is 72.8 Å². The molecule has 0 saturated carbocycles. The molecule has 0 aromatic heterocycles. The molecule has 1 atom stereocenters. The lowest BCUT2D eigenvalue weighted by Crippen LogP contribution is -2.52. The molecule has 1 N–H and O–H groups in total. The Hall–Kier alpha value is -2.58. The second-order valence-corrected chi connectivity index (χ2v) is 9.29. The number of halogens is 2. The van der Waals surface area contributed by atoms with Gasteiger partial charge in [0.25, 0.3) is 0 Å². The number of likely N-dealkylation sites (tertiary alicyclic amines) is 1. The number of ether oxygens (including phenoxy) is 1. The van der Waals surface area contributed by atoms with Crippen molar-refractivity contribution in [1.82, 2.24) is 15.1 Å². The fraction of sp³-hybridized carbons (Fsp3) is 0.636. The number of anilines is 1. The number of benzene rings is 1. The Bertz CT molecular complexity index is 806. The van der Waals surface area contributed by atoms with Crippen molar-refractivity contribution in [1.29, 1.82) is 0 Å². The molecule has 31 heavy (non-hydrogen) atoms. The Morgan fingerprint density at radius 1 is 1.13 bits per heavy atom. The summed E-state index contributed by atoms with van der Waals surface area (Å²) in [5, 5.41) is 3.02. The van der Waals surface area contributed by atoms with E-state index < -0.39 is 17.2 Å². The molecule has 2 heterocycles. The number of rotatable bonds is 3. The number of nitrogens with zero attached hydrogens (tertiary/aromatic N) is 3. The molecular formula is C22H32F2N4O3. The lowest BCUT2D eigenvalue weighted by molar-refractivity contribution is 0.0168. The van der Waals surface area contributed by atoms with E-state index >= 15 is 0 Å². The number of amides is 3. The number of nitrogens with one attached hydrogen (secondary N) is 1. The zero-order chi connectivity index (χ0) is 22.8. The van der Waals surface area contributed by atoms with E-state index in [4.69, 9.17) is 4.74 Å². The molecule has 1 unspecified atom stereocenters. The molecule has 0 radical (unpaired) electrons. The Balaban J connectivity index is 1.46. The summed E-state index contributed by atoms with van der Waals surface area (Å²) in [6, 6.07) is 3.33. The maximum Gasteiger partial charge on any atom is 0.410 e. The van der Waals surface area contributed by atoms with E-state index in [1.807, 2.05) is 25.7 Å². The molecule has 2 fully saturated rings. The number of piperidine rings is 1. The van der Waals surface area contributed by atoms with Crippen LogP contribution < -0.4 is 10.2 Å². The molecule has 172 valence electrons. The predicted octanol–water partition coefficient (Wildman–Crippen LogP) is 3.58. The van der Waals surface area contributed by atoms with E-state index in [1.54, 1.807) is 16.8 Å². The number of carbonyl (C=O) groups excluding carboxylic acids is 2. The van der Waals surface area contributed by atoms with E-state index in [2.05, 4.69) is 5.32 Å². The molecule has 2 saturated heterocycles. The van der Waals surface area contributed by atoms with Crippen molar-refractivity contribution in [2.75, 3.05) is 38.1 Å². The van der Waals surface area contributed by atoms with Gasteiger partial charge in [-0.2, -0.15) is 0 Å². The highest BCUT2D eigenvalue weighted by atomic mass is 19.1. The molecule has 3 rings (SSSR count). The molecule has 3 amide bonds. The van der Waals surface area contributed by atoms with Gasteiger partial charge in [-0.15, -0.1) is 0 Å². The quantitative estimate of drug-likeness (QED) is 0.784. The van der Waals surface area contributed by atoms with Gasteiger partial charge in [0.15, 0.2) is 0 Å². The van der Waals surface area contributed by atoms with E-state index in [0.717, 1.165) is 6.07 Å². The van der Waals surface area contributed by atoms with E-state index in [0.29, 0.717) is 51.1 Å². The topological polar surface area (TPSA) is 65.1 Å². The number of urea groups is 1. The van der Waals surface area contributed by atoms with Crippen molar-refractivity contribution >= 4 is 17.8 Å². The van der Waals surface area contributed by atoms with E-state index in [1.165, 1.54) is 12.1 Å². The average Bonchev–Trinajstić information content (AvgIpc) is 3.14. The minimum Gasteiger partial charge on any atom is -0.444 e. The lowest BCUT2D eigenvalue weighted by atomic mass is 10.0. The van der Waals surface area contributed by atoms with Crippen LogP contribution in [0.1, 0.15) is 40.0 Å². The van der Waals surface area contributed by atoms with Crippen molar-refractivity contribution < 1.29 is 23.1 Å². The molecule has 7 nitrogen and oxygen atoms in total. The minimum atomic E-state index is -0.606. The van der Waals surface area contributed by atoms with Crippen molar-refractivity contribution in [3.63, 3.8) is 0 Å². The van der Waals surface area contributed by atoms with Crippen LogP contribution in [0, 0.1) is 11.6 Å². The standard InChI is InChI=1S/C22H32F2N4O3/c1-22(2,3)31-21(30)26(4)17-8-11-27(12-9-17)20(29)25-16-7-10-28(14-16)19-6-5-15(23)13-18(19)24/h5-6,13,16-17H,7-12,14H2,1-4H3,(H,25,29). The number of hydrogen-bond acceptors (Lipinski definition) is 4. The van der Waals surface area contributed by atoms with Gasteiger partial charge in [-0.1, -0.05) is 0 Å². The van der Waals surface area contributed by atoms with E-state index in [9.17, 15) is 18.4 Å². The summed E-state index contributed by atoms with van der Waals surface area (Å²) in [6.07, 6.45) is 1.71. The van der Waals surface area contributed by atoms with Gasteiger partial charge < -0.3 is 24.8 Å². The first kappa shape index (κ1) is 23.1. The van der Waals surface area contributed by atoms with Gasteiger partial charge in [0, 0.05) is 51.4 Å². The summed E-state index contributed by atoms with van der Waals surface area (Å²) in [7, 11) is 1.73. The summed E-state index contributed by atoms with van der Waals surface area (Å²) in [5.74, 6) is -1.20. The highest BCUT2D eigenvalue weighted by molar-refractivity contribution is 5.75. The molecule has 2 aliphatic heterocycles. The lowest BCUT2D eigenvalue weighted by Gasteiger charge is -2.37.